The van der Waals surface area contributed by atoms with Crippen molar-refractivity contribution in [2.75, 3.05) is 25.6 Å². The van der Waals surface area contributed by atoms with Crippen molar-refractivity contribution < 1.29 is 24.2 Å². The molecule has 0 saturated carbocycles. The van der Waals surface area contributed by atoms with Gasteiger partial charge >= 0.3 is 0 Å². The Hall–Kier alpha value is -3.85. The number of rotatable bonds is 11. The van der Waals surface area contributed by atoms with E-state index < -0.39 is 5.91 Å². The van der Waals surface area contributed by atoms with Crippen LogP contribution in [0, 0.1) is 0 Å². The van der Waals surface area contributed by atoms with Gasteiger partial charge in [0, 0.05) is 36.8 Å². The molecule has 0 aliphatic carbocycles. The SMILES string of the molecule is CCc1c(CO)cccc1Nc1c(C(N)=O)cnc2cc(OCCCNC(C)=O)c(OC)cc12. The van der Waals surface area contributed by atoms with Gasteiger partial charge in [-0.05, 0) is 36.1 Å². The lowest BCUT2D eigenvalue weighted by Crippen LogP contribution is -2.22. The topological polar surface area (TPSA) is 136 Å². The van der Waals surface area contributed by atoms with Crippen LogP contribution in [0.5, 0.6) is 11.5 Å². The number of benzene rings is 2. The third-order valence-corrected chi connectivity index (χ3v) is 5.43. The molecule has 2 aromatic carbocycles. The van der Waals surface area contributed by atoms with E-state index in [1.807, 2.05) is 25.1 Å². The van der Waals surface area contributed by atoms with Crippen molar-refractivity contribution in [2.45, 2.75) is 33.3 Å². The number of carbonyl (C=O) groups excluding carboxylic acids is 2. The van der Waals surface area contributed by atoms with E-state index >= 15 is 0 Å². The van der Waals surface area contributed by atoms with Crippen molar-refractivity contribution in [3.8, 4) is 11.5 Å². The van der Waals surface area contributed by atoms with Crippen molar-refractivity contribution in [3.63, 3.8) is 0 Å². The second-order valence-corrected chi connectivity index (χ2v) is 7.70. The van der Waals surface area contributed by atoms with Crippen molar-refractivity contribution >= 4 is 34.1 Å². The predicted octanol–water partition coefficient (Wildman–Crippen LogP) is 3.05. The summed E-state index contributed by atoms with van der Waals surface area (Å²) in [5.41, 5.74) is 9.48. The summed E-state index contributed by atoms with van der Waals surface area (Å²) >= 11 is 0. The first-order valence-electron chi connectivity index (χ1n) is 11.1. The fraction of sp³-hybridized carbons (Fsp3) is 0.320. The molecule has 34 heavy (non-hydrogen) atoms. The summed E-state index contributed by atoms with van der Waals surface area (Å²) in [5, 5.41) is 16.4. The number of primary amides is 1. The van der Waals surface area contributed by atoms with Crippen LogP contribution in [0.1, 0.15) is 41.8 Å². The minimum absolute atomic E-state index is 0.0884. The van der Waals surface area contributed by atoms with Gasteiger partial charge in [-0.25, -0.2) is 0 Å². The molecule has 0 atom stereocenters. The molecule has 0 aliphatic heterocycles. The first kappa shape index (κ1) is 24.8. The van der Waals surface area contributed by atoms with Gasteiger partial charge in [-0.15, -0.1) is 0 Å². The highest BCUT2D eigenvalue weighted by atomic mass is 16.5. The van der Waals surface area contributed by atoms with Crippen LogP contribution in [-0.4, -0.2) is 42.2 Å². The Balaban J connectivity index is 2.02. The zero-order valence-corrected chi connectivity index (χ0v) is 19.6. The molecule has 0 fully saturated rings. The molecular formula is C25H30N4O5. The molecule has 0 aliphatic rings. The van der Waals surface area contributed by atoms with Crippen LogP contribution in [0.15, 0.2) is 36.5 Å². The molecule has 3 aromatic rings. The van der Waals surface area contributed by atoms with E-state index in [1.54, 1.807) is 12.1 Å². The number of aliphatic hydroxyl groups is 1. The molecule has 0 radical (unpaired) electrons. The number of methoxy groups -OCH3 is 1. The summed E-state index contributed by atoms with van der Waals surface area (Å²) < 4.78 is 11.4. The lowest BCUT2D eigenvalue weighted by molar-refractivity contribution is -0.118. The quantitative estimate of drug-likeness (QED) is 0.319. The average molecular weight is 467 g/mol. The standard InChI is InChI=1S/C25H30N4O5/c1-4-17-16(14-30)7-5-8-20(17)29-24-18-11-22(33-3)23(34-10-6-9-27-15(2)31)12-21(18)28-13-19(24)25(26)32/h5,7-8,11-13,30H,4,6,9-10,14H2,1-3H3,(H2,26,32)(H,27,31)(H,28,29). The van der Waals surface area contributed by atoms with Crippen LogP contribution in [0.4, 0.5) is 11.4 Å². The lowest BCUT2D eigenvalue weighted by Gasteiger charge is -2.19. The van der Waals surface area contributed by atoms with Gasteiger partial charge in [-0.3, -0.25) is 14.6 Å². The maximum atomic E-state index is 12.2. The highest BCUT2D eigenvalue weighted by molar-refractivity contribution is 6.08. The third-order valence-electron chi connectivity index (χ3n) is 5.43. The molecule has 2 amide bonds. The van der Waals surface area contributed by atoms with Crippen molar-refractivity contribution in [1.29, 1.82) is 0 Å². The molecule has 0 spiro atoms. The van der Waals surface area contributed by atoms with Crippen LogP contribution >= 0.6 is 0 Å². The number of aliphatic hydroxyl groups excluding tert-OH is 1. The number of aromatic nitrogens is 1. The molecule has 180 valence electrons. The highest BCUT2D eigenvalue weighted by Crippen LogP contribution is 2.38. The van der Waals surface area contributed by atoms with E-state index in [1.165, 1.54) is 20.2 Å². The molecule has 0 bridgehead atoms. The number of pyridine rings is 1. The smallest absolute Gasteiger partial charge is 0.252 e. The third kappa shape index (κ3) is 5.55. The second kappa shape index (κ2) is 11.3. The van der Waals surface area contributed by atoms with E-state index in [-0.39, 0.29) is 18.1 Å². The molecule has 0 unspecified atom stereocenters. The van der Waals surface area contributed by atoms with Gasteiger partial charge in [0.25, 0.3) is 5.91 Å². The first-order valence-corrected chi connectivity index (χ1v) is 11.1. The summed E-state index contributed by atoms with van der Waals surface area (Å²) in [6.07, 6.45) is 2.75. The highest BCUT2D eigenvalue weighted by Gasteiger charge is 2.18. The van der Waals surface area contributed by atoms with Gasteiger partial charge in [0.05, 0.1) is 37.1 Å². The van der Waals surface area contributed by atoms with E-state index in [0.717, 1.165) is 16.8 Å². The number of carbonyl (C=O) groups is 2. The maximum Gasteiger partial charge on any atom is 0.252 e. The molecule has 3 rings (SSSR count). The number of anilines is 2. The van der Waals surface area contributed by atoms with Crippen molar-refractivity contribution in [3.05, 3.63) is 53.2 Å². The summed E-state index contributed by atoms with van der Waals surface area (Å²) in [5.74, 6) is 0.261. The minimum Gasteiger partial charge on any atom is -0.493 e. The van der Waals surface area contributed by atoms with Crippen LogP contribution in [0.25, 0.3) is 10.9 Å². The summed E-state index contributed by atoms with van der Waals surface area (Å²) in [6.45, 7) is 4.26. The summed E-state index contributed by atoms with van der Waals surface area (Å²) in [7, 11) is 1.53. The fourth-order valence-electron chi connectivity index (χ4n) is 3.76. The lowest BCUT2D eigenvalue weighted by atomic mass is 10.0. The van der Waals surface area contributed by atoms with E-state index in [0.29, 0.717) is 54.1 Å². The largest absolute Gasteiger partial charge is 0.493 e. The van der Waals surface area contributed by atoms with Gasteiger partial charge < -0.3 is 30.9 Å². The molecule has 5 N–H and O–H groups in total. The van der Waals surface area contributed by atoms with E-state index in [9.17, 15) is 14.7 Å². The fourth-order valence-corrected chi connectivity index (χ4v) is 3.76. The molecule has 1 aromatic heterocycles. The van der Waals surface area contributed by atoms with E-state index in [4.69, 9.17) is 15.2 Å². The number of nitrogens with two attached hydrogens (primary N) is 1. The summed E-state index contributed by atoms with van der Waals surface area (Å²) in [6, 6.07) is 9.09. The Labute approximate surface area is 198 Å². The van der Waals surface area contributed by atoms with Crippen LogP contribution in [-0.2, 0) is 17.8 Å². The first-order chi connectivity index (χ1) is 16.4. The number of nitrogens with zero attached hydrogens (tertiary/aromatic N) is 1. The molecule has 1 heterocycles. The zero-order valence-electron chi connectivity index (χ0n) is 19.6. The van der Waals surface area contributed by atoms with E-state index in [2.05, 4.69) is 15.6 Å². The number of fused-ring (bicyclic) bond motifs is 1. The second-order valence-electron chi connectivity index (χ2n) is 7.70. The molecule has 9 heteroatoms. The van der Waals surface area contributed by atoms with Crippen molar-refractivity contribution in [2.24, 2.45) is 5.73 Å². The van der Waals surface area contributed by atoms with Crippen LogP contribution in [0.2, 0.25) is 0 Å². The Morgan fingerprint density at radius 3 is 2.65 bits per heavy atom. The zero-order chi connectivity index (χ0) is 24.7. The number of hydrogen-bond donors (Lipinski definition) is 4. The maximum absolute atomic E-state index is 12.2. The predicted molar refractivity (Wildman–Crippen MR) is 131 cm³/mol. The van der Waals surface area contributed by atoms with Crippen LogP contribution < -0.4 is 25.8 Å². The Morgan fingerprint density at radius 1 is 1.21 bits per heavy atom. The Kier molecular flexibility index (Phi) is 8.26. The van der Waals surface area contributed by atoms with Gasteiger partial charge in [0.2, 0.25) is 5.91 Å². The molecular weight excluding hydrogens is 436 g/mol. The van der Waals surface area contributed by atoms with Gasteiger partial charge in [-0.1, -0.05) is 19.1 Å². The number of amides is 2. The molecule has 0 saturated heterocycles. The monoisotopic (exact) mass is 466 g/mol. The van der Waals surface area contributed by atoms with Crippen LogP contribution in [0.3, 0.4) is 0 Å². The Morgan fingerprint density at radius 2 is 2.00 bits per heavy atom. The average Bonchev–Trinajstić information content (AvgIpc) is 2.82. The molecule has 9 nitrogen and oxygen atoms in total. The minimum atomic E-state index is -0.620. The van der Waals surface area contributed by atoms with Crippen molar-refractivity contribution in [1.82, 2.24) is 10.3 Å². The number of ether oxygens (including phenoxy) is 2. The normalized spacial score (nSPS) is 10.7. The number of hydrogen-bond acceptors (Lipinski definition) is 7. The van der Waals surface area contributed by atoms with Gasteiger partial charge in [0.1, 0.15) is 0 Å². The Bertz CT molecular complexity index is 1200. The van der Waals surface area contributed by atoms with Gasteiger partial charge in [-0.2, -0.15) is 0 Å². The number of nitrogens with one attached hydrogen (secondary N) is 2. The summed E-state index contributed by atoms with van der Waals surface area (Å²) in [4.78, 5) is 27.6. The van der Waals surface area contributed by atoms with Gasteiger partial charge in [0.15, 0.2) is 11.5 Å².